The number of amides is 1. The second-order valence-corrected chi connectivity index (χ2v) is 9.04. The largest absolute Gasteiger partial charge is 0.482 e. The van der Waals surface area contributed by atoms with Crippen LogP contribution in [-0.4, -0.2) is 36.1 Å². The Morgan fingerprint density at radius 3 is 2.85 bits per heavy atom. The lowest BCUT2D eigenvalue weighted by atomic mass is 10.1. The van der Waals surface area contributed by atoms with E-state index in [0.29, 0.717) is 53.5 Å². The van der Waals surface area contributed by atoms with Crippen molar-refractivity contribution in [2.24, 2.45) is 4.99 Å². The van der Waals surface area contributed by atoms with E-state index >= 15 is 0 Å². The van der Waals surface area contributed by atoms with E-state index in [2.05, 4.69) is 9.88 Å². The molecule has 0 unspecified atom stereocenters. The summed E-state index contributed by atoms with van der Waals surface area (Å²) in [5.41, 5.74) is 3.22. The molecule has 1 aromatic heterocycles. The molecule has 0 spiro atoms. The van der Waals surface area contributed by atoms with Gasteiger partial charge >= 0.3 is 0 Å². The highest BCUT2D eigenvalue weighted by Gasteiger charge is 2.18. The van der Waals surface area contributed by atoms with Gasteiger partial charge in [-0.05, 0) is 55.8 Å². The topological polar surface area (TPSA) is 64.8 Å². The van der Waals surface area contributed by atoms with E-state index in [1.807, 2.05) is 30.5 Å². The Bertz CT molecular complexity index is 1180. The maximum Gasteiger partial charge on any atom is 0.288 e. The number of halogens is 2. The first-order valence-electron chi connectivity index (χ1n) is 10.5. The van der Waals surface area contributed by atoms with Gasteiger partial charge in [0.15, 0.2) is 11.4 Å². The molecule has 0 fully saturated rings. The number of alkyl halides is 2. The van der Waals surface area contributed by atoms with Crippen LogP contribution in [0.1, 0.15) is 13.3 Å². The van der Waals surface area contributed by atoms with Crippen LogP contribution >= 0.6 is 23.1 Å². The third-order valence-electron chi connectivity index (χ3n) is 4.87. The number of rotatable bonds is 9. The lowest BCUT2D eigenvalue weighted by Gasteiger charge is -2.19. The van der Waals surface area contributed by atoms with Gasteiger partial charge in [-0.2, -0.15) is 8.78 Å². The molecule has 10 heteroatoms. The predicted molar refractivity (Wildman–Crippen MR) is 127 cm³/mol. The van der Waals surface area contributed by atoms with Crippen molar-refractivity contribution in [1.82, 2.24) is 4.57 Å². The number of thiazole rings is 1. The van der Waals surface area contributed by atoms with Crippen LogP contribution in [-0.2, 0) is 16.1 Å². The van der Waals surface area contributed by atoms with E-state index in [1.165, 1.54) is 11.3 Å². The fraction of sp³-hybridized carbons (Fsp3) is 0.304. The molecule has 0 radical (unpaired) electrons. The van der Waals surface area contributed by atoms with Gasteiger partial charge in [-0.25, -0.2) is 4.99 Å². The molecular weight excluding hydrogens is 468 g/mol. The van der Waals surface area contributed by atoms with E-state index < -0.39 is 5.76 Å². The molecule has 3 aromatic rings. The minimum Gasteiger partial charge on any atom is -0.482 e. The molecule has 6 nitrogen and oxygen atoms in total. The number of ether oxygens (including phenoxy) is 2. The summed E-state index contributed by atoms with van der Waals surface area (Å²) in [6, 6.07) is 12.5. The number of carbonyl (C=O) groups excluding carboxylic acids is 1. The summed E-state index contributed by atoms with van der Waals surface area (Å²) < 4.78 is 38.2. The molecule has 1 aliphatic rings. The van der Waals surface area contributed by atoms with Crippen molar-refractivity contribution in [2.45, 2.75) is 30.5 Å². The number of nitrogens with one attached hydrogen (secondary N) is 1. The van der Waals surface area contributed by atoms with Gasteiger partial charge in [0.2, 0.25) is 0 Å². The minimum atomic E-state index is -2.45. The van der Waals surface area contributed by atoms with Gasteiger partial charge in [-0.3, -0.25) is 4.79 Å². The number of benzene rings is 2. The van der Waals surface area contributed by atoms with Crippen molar-refractivity contribution in [2.75, 3.05) is 25.1 Å². The van der Waals surface area contributed by atoms with Crippen LogP contribution in [0.4, 0.5) is 20.2 Å². The number of nitrogens with zero attached hydrogens (tertiary/aromatic N) is 2. The summed E-state index contributed by atoms with van der Waals surface area (Å²) in [5.74, 6) is -1.99. The Kier molecular flexibility index (Phi) is 7.79. The van der Waals surface area contributed by atoms with E-state index in [9.17, 15) is 13.6 Å². The minimum absolute atomic E-state index is 0.0138. The zero-order chi connectivity index (χ0) is 23.2. The van der Waals surface area contributed by atoms with Crippen LogP contribution in [0.3, 0.4) is 0 Å². The molecule has 2 aromatic carbocycles. The van der Waals surface area contributed by atoms with Crippen molar-refractivity contribution < 1.29 is 23.0 Å². The third kappa shape index (κ3) is 6.01. The van der Waals surface area contributed by atoms with Gasteiger partial charge in [0.1, 0.15) is 5.75 Å². The Balaban J connectivity index is 1.67. The van der Waals surface area contributed by atoms with Crippen molar-refractivity contribution in [3.63, 3.8) is 0 Å². The van der Waals surface area contributed by atoms with E-state index in [0.717, 1.165) is 22.5 Å². The van der Waals surface area contributed by atoms with E-state index in [4.69, 9.17) is 14.5 Å². The summed E-state index contributed by atoms with van der Waals surface area (Å²) in [5, 5.41) is 4.87. The molecular formula is C23H23F2N3O3S2. The van der Waals surface area contributed by atoms with Crippen LogP contribution in [0.2, 0.25) is 0 Å². The Morgan fingerprint density at radius 1 is 1.27 bits per heavy atom. The van der Waals surface area contributed by atoms with Crippen molar-refractivity contribution in [3.05, 3.63) is 52.6 Å². The van der Waals surface area contributed by atoms with Crippen LogP contribution in [0.15, 0.2) is 57.7 Å². The highest BCUT2D eigenvalue weighted by Crippen LogP contribution is 2.33. The molecule has 1 aliphatic heterocycles. The Morgan fingerprint density at radius 2 is 2.09 bits per heavy atom. The summed E-state index contributed by atoms with van der Waals surface area (Å²) in [6.45, 7) is 3.96. The van der Waals surface area contributed by atoms with Crippen molar-refractivity contribution in [1.29, 1.82) is 0 Å². The monoisotopic (exact) mass is 491 g/mol. The summed E-state index contributed by atoms with van der Waals surface area (Å²) in [4.78, 5) is 17.8. The highest BCUT2D eigenvalue weighted by atomic mass is 32.2. The first kappa shape index (κ1) is 23.5. The summed E-state index contributed by atoms with van der Waals surface area (Å²) in [7, 11) is 0. The van der Waals surface area contributed by atoms with Gasteiger partial charge in [0.25, 0.3) is 11.7 Å². The van der Waals surface area contributed by atoms with E-state index in [1.54, 1.807) is 24.3 Å². The number of hydrogen-bond donors (Lipinski definition) is 1. The molecule has 1 N–H and O–H groups in total. The Labute approximate surface area is 198 Å². The quantitative estimate of drug-likeness (QED) is 0.316. The molecule has 174 valence electrons. The zero-order valence-electron chi connectivity index (χ0n) is 17.9. The first-order valence-corrected chi connectivity index (χ1v) is 12.2. The van der Waals surface area contributed by atoms with Crippen LogP contribution in [0.5, 0.6) is 5.75 Å². The number of thioether (sulfide) groups is 1. The van der Waals surface area contributed by atoms with Crippen LogP contribution in [0.25, 0.3) is 11.3 Å². The molecule has 1 amide bonds. The van der Waals surface area contributed by atoms with E-state index in [-0.39, 0.29) is 12.5 Å². The molecule has 2 heterocycles. The lowest BCUT2D eigenvalue weighted by molar-refractivity contribution is -0.118. The Hall–Kier alpha value is -2.69. The lowest BCUT2D eigenvalue weighted by Crippen LogP contribution is -2.25. The number of carbonyl (C=O) groups is 1. The smallest absolute Gasteiger partial charge is 0.288 e. The summed E-state index contributed by atoms with van der Waals surface area (Å²) in [6.07, 6.45) is 0.805. The van der Waals surface area contributed by atoms with Gasteiger partial charge < -0.3 is 19.4 Å². The molecule has 4 rings (SSSR count). The molecule has 33 heavy (non-hydrogen) atoms. The van der Waals surface area contributed by atoms with Crippen LogP contribution in [0, 0.1) is 0 Å². The predicted octanol–water partition coefficient (Wildman–Crippen LogP) is 5.52. The highest BCUT2D eigenvalue weighted by molar-refractivity contribution is 7.99. The average Bonchev–Trinajstić information content (AvgIpc) is 3.19. The SMILES string of the molecule is CCOCCCn1c(-c2ccc3c(c2)NC(=O)CO3)csc1=Nc1ccc(SC(F)F)cc1. The van der Waals surface area contributed by atoms with Gasteiger partial charge in [0, 0.05) is 35.6 Å². The molecule has 0 saturated heterocycles. The van der Waals surface area contributed by atoms with Crippen LogP contribution < -0.4 is 14.9 Å². The number of hydrogen-bond acceptors (Lipinski definition) is 6. The fourth-order valence-corrected chi connectivity index (χ4v) is 4.84. The van der Waals surface area contributed by atoms with Crippen molar-refractivity contribution in [3.8, 4) is 17.0 Å². The number of anilines is 1. The second-order valence-electron chi connectivity index (χ2n) is 7.14. The van der Waals surface area contributed by atoms with Gasteiger partial charge in [-0.15, -0.1) is 11.3 Å². The standard InChI is InChI=1S/C23H23F2N3O3S2/c1-2-30-11-3-10-28-19(15-4-9-20-18(12-15)27-21(29)13-31-20)14-32-23(28)26-16-5-7-17(8-6-16)33-22(24)25/h4-9,12,14,22H,2-3,10-11,13H2,1H3,(H,27,29). The van der Waals surface area contributed by atoms with Crippen molar-refractivity contribution >= 4 is 40.4 Å². The zero-order valence-corrected chi connectivity index (χ0v) is 19.6. The molecule has 0 bridgehead atoms. The maximum absolute atomic E-state index is 12.6. The van der Waals surface area contributed by atoms with Gasteiger partial charge in [0.05, 0.1) is 17.1 Å². The third-order valence-corrected chi connectivity index (χ3v) is 6.45. The number of aromatic nitrogens is 1. The molecule has 0 saturated carbocycles. The maximum atomic E-state index is 12.6. The number of fused-ring (bicyclic) bond motifs is 1. The first-order chi connectivity index (χ1) is 16.0. The molecule has 0 aliphatic carbocycles. The fourth-order valence-electron chi connectivity index (χ4n) is 3.39. The van der Waals surface area contributed by atoms with Gasteiger partial charge in [-0.1, -0.05) is 11.8 Å². The normalized spacial score (nSPS) is 13.7. The molecule has 0 atom stereocenters. The summed E-state index contributed by atoms with van der Waals surface area (Å²) >= 11 is 2.01. The average molecular weight is 492 g/mol. The second kappa shape index (κ2) is 11.0.